The Bertz CT molecular complexity index is 2240. The van der Waals surface area contributed by atoms with E-state index in [2.05, 4.69) is 0 Å². The van der Waals surface area contributed by atoms with Crippen LogP contribution in [-0.2, 0) is 42.0 Å². The molecule has 2 aliphatic heterocycles. The number of carbonyl (C=O) groups is 1. The highest BCUT2D eigenvalue weighted by molar-refractivity contribution is 7.91. The molecule has 2 saturated heterocycles. The lowest BCUT2D eigenvalue weighted by molar-refractivity contribution is -0.0632. The molecule has 0 amide bonds. The minimum absolute atomic E-state index is 0.0557. The number of nitrogens with zero attached hydrogens (tertiary/aromatic N) is 2. The van der Waals surface area contributed by atoms with Gasteiger partial charge in [-0.2, -0.15) is 0 Å². The highest BCUT2D eigenvalue weighted by Crippen LogP contribution is 2.31. The van der Waals surface area contributed by atoms with Gasteiger partial charge in [0.15, 0.2) is 19.7 Å². The predicted molar refractivity (Wildman–Crippen MR) is 227 cm³/mol. The second kappa shape index (κ2) is 18.0. The van der Waals surface area contributed by atoms with Crippen molar-refractivity contribution in [2.24, 2.45) is 0 Å². The van der Waals surface area contributed by atoms with Crippen LogP contribution in [0.25, 0.3) is 0 Å². The van der Waals surface area contributed by atoms with E-state index in [-0.39, 0.29) is 22.0 Å². The molecule has 2 heterocycles. The Kier molecular flexibility index (Phi) is 13.4. The van der Waals surface area contributed by atoms with Crippen LogP contribution in [0.4, 0.5) is 25.0 Å². The zero-order chi connectivity index (χ0) is 43.5. The van der Waals surface area contributed by atoms with E-state index in [9.17, 15) is 30.4 Å². The molecule has 4 aromatic carbocycles. The fourth-order valence-electron chi connectivity index (χ4n) is 7.43. The smallest absolute Gasteiger partial charge is 0.489 e. The van der Waals surface area contributed by atoms with Gasteiger partial charge in [0, 0.05) is 38.4 Å². The number of carbonyl (C=O) groups excluding carboxylic acids is 1. The summed E-state index contributed by atoms with van der Waals surface area (Å²) in [5.41, 5.74) is 1.05. The van der Waals surface area contributed by atoms with Crippen molar-refractivity contribution in [1.29, 1.82) is 0 Å². The number of benzene rings is 4. The molecule has 4 aromatic rings. The average molecular weight is 869 g/mol. The van der Waals surface area contributed by atoms with Gasteiger partial charge in [-0.15, -0.1) is 0 Å². The van der Waals surface area contributed by atoms with Crippen LogP contribution >= 0.6 is 0 Å². The third-order valence-electron chi connectivity index (χ3n) is 10.8. The quantitative estimate of drug-likeness (QED) is 0.101. The Morgan fingerprint density at radius 3 is 1.40 bits per heavy atom. The number of rotatable bonds is 16. The number of ether oxygens (including phenoxy) is 4. The Labute approximate surface area is 352 Å². The molecule has 2 fully saturated rings. The predicted octanol–water partition coefficient (Wildman–Crippen LogP) is 8.36. The van der Waals surface area contributed by atoms with Gasteiger partial charge < -0.3 is 28.7 Å². The zero-order valence-corrected chi connectivity index (χ0v) is 36.6. The number of halogens is 2. The van der Waals surface area contributed by atoms with Crippen molar-refractivity contribution in [1.82, 2.24) is 0 Å². The fourth-order valence-corrected chi connectivity index (χ4v) is 8.70. The number of hydrogen-bond acceptors (Lipinski definition) is 11. The summed E-state index contributed by atoms with van der Waals surface area (Å²) in [7, 11) is -7.01. The highest BCUT2D eigenvalue weighted by Gasteiger charge is 2.31. The molecule has 2 aliphatic rings. The summed E-state index contributed by atoms with van der Waals surface area (Å²) in [4.78, 5) is 16.6. The molecule has 0 N–H and O–H groups in total. The van der Waals surface area contributed by atoms with Gasteiger partial charge in [0.25, 0.3) is 0 Å². The van der Waals surface area contributed by atoms with Gasteiger partial charge in [0.1, 0.15) is 46.5 Å². The summed E-state index contributed by atoms with van der Waals surface area (Å²) in [6.45, 7) is 9.43. The van der Waals surface area contributed by atoms with Crippen molar-refractivity contribution in [3.05, 3.63) is 108 Å². The van der Waals surface area contributed by atoms with E-state index in [4.69, 9.17) is 18.9 Å². The molecular formula is C45H54F2N2O9S2. The molecule has 0 aromatic heterocycles. The summed E-state index contributed by atoms with van der Waals surface area (Å²) in [5, 5.41) is 0. The summed E-state index contributed by atoms with van der Waals surface area (Å²) >= 11 is 0. The number of aryl methyl sites for hydroxylation is 2. The van der Waals surface area contributed by atoms with Crippen LogP contribution < -0.4 is 19.3 Å². The Balaban J connectivity index is 0.933. The van der Waals surface area contributed by atoms with Crippen molar-refractivity contribution in [2.75, 3.05) is 48.5 Å². The van der Waals surface area contributed by atoms with Gasteiger partial charge in [-0.05, 0) is 125 Å². The monoisotopic (exact) mass is 868 g/mol. The molecule has 0 radical (unpaired) electrons. The van der Waals surface area contributed by atoms with Crippen molar-refractivity contribution >= 4 is 37.2 Å². The molecule has 0 aliphatic carbocycles. The Hall–Kier alpha value is -4.89. The first-order valence-electron chi connectivity index (χ1n) is 20.0. The standard InChI is InChI=1S/C45H54F2N2O9S2/c1-44(2,21-17-31-9-7-11-33(25-31)55-35-19-23-48(29-35)41-15-13-37(27-39(41)46)59(5,51)52)57-43(50)58-45(3,4)22-18-32-10-8-12-34(26-32)56-36-20-24-49(30-36)42-16-14-38(28-40(42)47)60(6,53)54/h7-16,25-28,35-36H,17-24,29-30H2,1-6H3. The fraction of sp³-hybridized carbons (Fsp3) is 0.444. The van der Waals surface area contributed by atoms with Gasteiger partial charge in [0.05, 0.1) is 34.3 Å². The number of sulfone groups is 2. The summed E-state index contributed by atoms with van der Waals surface area (Å²) < 4.78 is 101. The van der Waals surface area contributed by atoms with Crippen LogP contribution in [0.1, 0.15) is 64.5 Å². The Morgan fingerprint density at radius 2 is 1.03 bits per heavy atom. The molecule has 0 saturated carbocycles. The van der Waals surface area contributed by atoms with E-state index >= 15 is 0 Å². The van der Waals surface area contributed by atoms with E-state index in [1.165, 1.54) is 24.3 Å². The largest absolute Gasteiger partial charge is 0.509 e. The van der Waals surface area contributed by atoms with Crippen LogP contribution in [0.15, 0.2) is 94.7 Å². The Morgan fingerprint density at radius 1 is 0.633 bits per heavy atom. The first-order chi connectivity index (χ1) is 28.1. The van der Waals surface area contributed by atoms with Crippen LogP contribution in [0, 0.1) is 11.6 Å². The van der Waals surface area contributed by atoms with Crippen molar-refractivity contribution < 1.29 is 49.4 Å². The third-order valence-corrected chi connectivity index (χ3v) is 13.0. The van der Waals surface area contributed by atoms with Crippen molar-refractivity contribution in [3.63, 3.8) is 0 Å². The van der Waals surface area contributed by atoms with Gasteiger partial charge >= 0.3 is 6.16 Å². The lowest BCUT2D eigenvalue weighted by atomic mass is 9.98. The molecule has 6 rings (SSSR count). The SMILES string of the molecule is CC(C)(CCc1cccc(OC2CCN(c3ccc(S(C)(=O)=O)cc3F)C2)c1)OC(=O)OC(C)(C)CCc1cccc(OC2CCN(c3ccc(S(C)(=O)=O)cc3F)C2)c1. The van der Waals surface area contributed by atoms with E-state index < -0.39 is 48.7 Å². The van der Waals surface area contributed by atoms with Crippen LogP contribution in [0.2, 0.25) is 0 Å². The molecule has 11 nitrogen and oxygen atoms in total. The van der Waals surface area contributed by atoms with E-state index in [0.717, 1.165) is 35.8 Å². The molecule has 0 bridgehead atoms. The van der Waals surface area contributed by atoms with Crippen molar-refractivity contribution in [3.8, 4) is 11.5 Å². The first kappa shape index (κ1) is 44.7. The summed E-state index contributed by atoms with van der Waals surface area (Å²) in [5.74, 6) is 0.201. The van der Waals surface area contributed by atoms with Gasteiger partial charge in [-0.3, -0.25) is 0 Å². The molecule has 2 atom stereocenters. The van der Waals surface area contributed by atoms with Crippen LogP contribution in [0.3, 0.4) is 0 Å². The van der Waals surface area contributed by atoms with Crippen LogP contribution in [-0.4, -0.2) is 85.1 Å². The topological polar surface area (TPSA) is 129 Å². The number of anilines is 2. The average Bonchev–Trinajstić information content (AvgIpc) is 3.82. The first-order valence-corrected chi connectivity index (χ1v) is 23.8. The molecule has 60 heavy (non-hydrogen) atoms. The lowest BCUT2D eigenvalue weighted by Gasteiger charge is -2.29. The zero-order valence-electron chi connectivity index (χ0n) is 34.9. The summed E-state index contributed by atoms with van der Waals surface area (Å²) in [6.07, 6.45) is 4.64. The third kappa shape index (κ3) is 12.1. The molecular weight excluding hydrogens is 815 g/mol. The molecule has 15 heteroatoms. The van der Waals surface area contributed by atoms with E-state index in [1.54, 1.807) is 0 Å². The lowest BCUT2D eigenvalue weighted by Crippen LogP contribution is -2.35. The van der Waals surface area contributed by atoms with Gasteiger partial charge in [-0.1, -0.05) is 24.3 Å². The second-order valence-electron chi connectivity index (χ2n) is 17.0. The van der Waals surface area contributed by atoms with Gasteiger partial charge in [0.2, 0.25) is 0 Å². The van der Waals surface area contributed by atoms with E-state index in [1.807, 2.05) is 86.0 Å². The minimum atomic E-state index is -3.51. The second-order valence-corrected chi connectivity index (χ2v) is 21.0. The maximum absolute atomic E-state index is 14.8. The summed E-state index contributed by atoms with van der Waals surface area (Å²) in [6, 6.07) is 23.4. The van der Waals surface area contributed by atoms with Gasteiger partial charge in [-0.25, -0.2) is 30.4 Å². The highest BCUT2D eigenvalue weighted by atomic mass is 32.2. The number of hydrogen-bond donors (Lipinski definition) is 0. The maximum Gasteiger partial charge on any atom is 0.509 e. The normalized spacial score (nSPS) is 17.5. The molecule has 2 unspecified atom stereocenters. The van der Waals surface area contributed by atoms with E-state index in [0.29, 0.717) is 87.6 Å². The minimum Gasteiger partial charge on any atom is -0.489 e. The molecule has 0 spiro atoms. The van der Waals surface area contributed by atoms with Crippen LogP contribution in [0.5, 0.6) is 11.5 Å². The molecule has 324 valence electrons. The maximum atomic E-state index is 14.8. The van der Waals surface area contributed by atoms with Crippen molar-refractivity contribution in [2.45, 2.75) is 99.4 Å².